The topological polar surface area (TPSA) is 92.7 Å². The average Bonchev–Trinajstić information content (AvgIpc) is 2.40. The van der Waals surface area contributed by atoms with Crippen molar-refractivity contribution in [2.24, 2.45) is 0 Å². The van der Waals surface area contributed by atoms with E-state index in [4.69, 9.17) is 5.26 Å². The molecule has 1 aromatic heterocycles. The fraction of sp³-hybridized carbons (Fsp3) is 0. The first-order valence-corrected chi connectivity index (χ1v) is 5.66. The second-order valence-corrected chi connectivity index (χ2v) is 4.24. The zero-order valence-corrected chi connectivity index (χ0v) is 9.79. The molecule has 0 unspecified atom stereocenters. The maximum Gasteiger partial charge on any atom is 0.283 e. The van der Waals surface area contributed by atoms with Crippen molar-refractivity contribution in [3.63, 3.8) is 0 Å². The summed E-state index contributed by atoms with van der Waals surface area (Å²) in [4.78, 5) is 18.7. The number of rotatable bonds is 3. The lowest BCUT2D eigenvalue weighted by molar-refractivity contribution is -0.387. The lowest BCUT2D eigenvalue weighted by Crippen LogP contribution is -1.91. The molecular weight excluding hydrogens is 252 g/mol. The highest BCUT2D eigenvalue weighted by Gasteiger charge is 2.14. The van der Waals surface area contributed by atoms with Crippen molar-refractivity contribution in [3.05, 3.63) is 52.5 Å². The standard InChI is InChI=1S/C11H6N4O2S/c12-5-8-6-14-11(7-13-8)18-10-4-2-1-3-9(10)15(16)17/h1-4,6-7H. The molecule has 2 rings (SSSR count). The van der Waals surface area contributed by atoms with E-state index in [1.807, 2.05) is 6.07 Å². The quantitative estimate of drug-likeness (QED) is 0.620. The van der Waals surface area contributed by atoms with Crippen molar-refractivity contribution >= 4 is 17.4 Å². The third-order valence-electron chi connectivity index (χ3n) is 2.02. The molecule has 0 amide bonds. The van der Waals surface area contributed by atoms with E-state index >= 15 is 0 Å². The van der Waals surface area contributed by atoms with Gasteiger partial charge in [0.1, 0.15) is 11.1 Å². The van der Waals surface area contributed by atoms with E-state index in [-0.39, 0.29) is 11.4 Å². The Kier molecular flexibility index (Phi) is 3.50. The van der Waals surface area contributed by atoms with Gasteiger partial charge in [-0.15, -0.1) is 0 Å². The lowest BCUT2D eigenvalue weighted by atomic mass is 10.3. The summed E-state index contributed by atoms with van der Waals surface area (Å²) in [6, 6.07) is 8.25. The third-order valence-corrected chi connectivity index (χ3v) is 3.00. The molecule has 7 heteroatoms. The van der Waals surface area contributed by atoms with Crippen LogP contribution in [0.5, 0.6) is 0 Å². The van der Waals surface area contributed by atoms with E-state index < -0.39 is 4.92 Å². The monoisotopic (exact) mass is 258 g/mol. The summed E-state index contributed by atoms with van der Waals surface area (Å²) in [7, 11) is 0. The zero-order chi connectivity index (χ0) is 13.0. The number of aromatic nitrogens is 2. The van der Waals surface area contributed by atoms with E-state index in [2.05, 4.69) is 9.97 Å². The van der Waals surface area contributed by atoms with Crippen molar-refractivity contribution in [1.82, 2.24) is 9.97 Å². The number of nitro groups is 1. The number of hydrogen-bond acceptors (Lipinski definition) is 6. The van der Waals surface area contributed by atoms with Gasteiger partial charge >= 0.3 is 0 Å². The first kappa shape index (κ1) is 12.0. The highest BCUT2D eigenvalue weighted by molar-refractivity contribution is 7.99. The molecule has 0 fully saturated rings. The molecule has 0 bridgehead atoms. The summed E-state index contributed by atoms with van der Waals surface area (Å²) in [5.41, 5.74) is 0.232. The van der Waals surface area contributed by atoms with Gasteiger partial charge in [0, 0.05) is 6.07 Å². The number of hydrogen-bond donors (Lipinski definition) is 0. The normalized spacial score (nSPS) is 9.72. The first-order valence-electron chi connectivity index (χ1n) is 4.84. The Labute approximate surface area is 106 Å². The van der Waals surface area contributed by atoms with Crippen LogP contribution in [0.25, 0.3) is 0 Å². The molecule has 18 heavy (non-hydrogen) atoms. The molecular formula is C11H6N4O2S. The molecule has 0 aliphatic heterocycles. The molecule has 0 saturated heterocycles. The second kappa shape index (κ2) is 5.25. The smallest absolute Gasteiger partial charge is 0.258 e. The highest BCUT2D eigenvalue weighted by atomic mass is 32.2. The average molecular weight is 258 g/mol. The predicted molar refractivity (Wildman–Crippen MR) is 64.0 cm³/mol. The molecule has 0 aliphatic carbocycles. The van der Waals surface area contributed by atoms with Gasteiger partial charge in [0.2, 0.25) is 0 Å². The number of para-hydroxylation sites is 1. The van der Waals surface area contributed by atoms with Gasteiger partial charge in [-0.3, -0.25) is 10.1 Å². The van der Waals surface area contributed by atoms with Crippen LogP contribution >= 0.6 is 11.8 Å². The molecule has 88 valence electrons. The van der Waals surface area contributed by atoms with Crippen LogP contribution in [-0.2, 0) is 0 Å². The van der Waals surface area contributed by atoms with Crippen LogP contribution in [0.15, 0.2) is 46.6 Å². The summed E-state index contributed by atoms with van der Waals surface area (Å²) in [5, 5.41) is 19.9. The minimum atomic E-state index is -0.445. The van der Waals surface area contributed by atoms with Crippen LogP contribution in [0.4, 0.5) is 5.69 Å². The van der Waals surface area contributed by atoms with Crippen molar-refractivity contribution in [2.75, 3.05) is 0 Å². The second-order valence-electron chi connectivity index (χ2n) is 3.18. The van der Waals surface area contributed by atoms with Gasteiger partial charge in [0.15, 0.2) is 5.69 Å². The van der Waals surface area contributed by atoms with Crippen LogP contribution in [0.1, 0.15) is 5.69 Å². The Hall–Kier alpha value is -2.46. The Bertz CT molecular complexity index is 622. The minimum Gasteiger partial charge on any atom is -0.258 e. The molecule has 0 atom stereocenters. The Morgan fingerprint density at radius 2 is 2.06 bits per heavy atom. The number of benzene rings is 1. The van der Waals surface area contributed by atoms with Crippen molar-refractivity contribution in [2.45, 2.75) is 9.92 Å². The maximum absolute atomic E-state index is 10.8. The van der Waals surface area contributed by atoms with Gasteiger partial charge in [-0.05, 0) is 6.07 Å². The van der Waals surface area contributed by atoms with E-state index in [0.29, 0.717) is 9.92 Å². The van der Waals surface area contributed by atoms with Crippen LogP contribution in [0.2, 0.25) is 0 Å². The molecule has 0 aliphatic rings. The Morgan fingerprint density at radius 1 is 1.28 bits per heavy atom. The number of nitrogens with zero attached hydrogens (tertiary/aromatic N) is 4. The predicted octanol–water partition coefficient (Wildman–Crippen LogP) is 2.41. The highest BCUT2D eigenvalue weighted by Crippen LogP contribution is 2.32. The molecule has 6 nitrogen and oxygen atoms in total. The summed E-state index contributed by atoms with van der Waals surface area (Å²) < 4.78 is 0. The van der Waals surface area contributed by atoms with Gasteiger partial charge in [0.25, 0.3) is 5.69 Å². The van der Waals surface area contributed by atoms with Crippen LogP contribution in [-0.4, -0.2) is 14.9 Å². The molecule has 0 N–H and O–H groups in total. The van der Waals surface area contributed by atoms with E-state index in [9.17, 15) is 10.1 Å². The first-order chi connectivity index (χ1) is 8.70. The number of nitro benzene ring substituents is 1. The summed E-state index contributed by atoms with van der Waals surface area (Å²) in [5.74, 6) is 0. The molecule has 0 spiro atoms. The molecule has 1 aromatic carbocycles. The fourth-order valence-corrected chi connectivity index (χ4v) is 2.06. The summed E-state index contributed by atoms with van der Waals surface area (Å²) in [6.45, 7) is 0. The van der Waals surface area contributed by atoms with Crippen molar-refractivity contribution in [1.29, 1.82) is 5.26 Å². The van der Waals surface area contributed by atoms with Gasteiger partial charge in [0.05, 0.1) is 22.2 Å². The lowest BCUT2D eigenvalue weighted by Gasteiger charge is -2.01. The van der Waals surface area contributed by atoms with Crippen LogP contribution in [0, 0.1) is 21.4 Å². The van der Waals surface area contributed by atoms with Crippen molar-refractivity contribution < 1.29 is 4.92 Å². The molecule has 2 aromatic rings. The Balaban J connectivity index is 2.28. The van der Waals surface area contributed by atoms with Crippen molar-refractivity contribution in [3.8, 4) is 6.07 Å². The largest absolute Gasteiger partial charge is 0.283 e. The van der Waals surface area contributed by atoms with E-state index in [1.165, 1.54) is 18.5 Å². The SMILES string of the molecule is N#Cc1cnc(Sc2ccccc2[N+](=O)[O-])cn1. The van der Waals surface area contributed by atoms with Crippen LogP contribution < -0.4 is 0 Å². The van der Waals surface area contributed by atoms with Gasteiger partial charge in [-0.1, -0.05) is 23.9 Å². The summed E-state index contributed by atoms with van der Waals surface area (Å²) in [6.07, 6.45) is 2.75. The summed E-state index contributed by atoms with van der Waals surface area (Å²) >= 11 is 1.14. The van der Waals surface area contributed by atoms with Crippen LogP contribution in [0.3, 0.4) is 0 Å². The molecule has 1 heterocycles. The number of nitriles is 1. The van der Waals surface area contributed by atoms with E-state index in [1.54, 1.807) is 18.2 Å². The van der Waals surface area contributed by atoms with Gasteiger partial charge in [-0.25, -0.2) is 9.97 Å². The zero-order valence-electron chi connectivity index (χ0n) is 8.98. The maximum atomic E-state index is 10.8. The fourth-order valence-electron chi connectivity index (χ4n) is 1.23. The molecule has 0 saturated carbocycles. The van der Waals surface area contributed by atoms with E-state index in [0.717, 1.165) is 11.8 Å². The molecule has 0 radical (unpaired) electrons. The minimum absolute atomic E-state index is 0.0219. The van der Waals surface area contributed by atoms with Gasteiger partial charge < -0.3 is 0 Å². The van der Waals surface area contributed by atoms with Gasteiger partial charge in [-0.2, -0.15) is 5.26 Å². The Morgan fingerprint density at radius 3 is 2.67 bits per heavy atom. The third kappa shape index (κ3) is 2.61.